The van der Waals surface area contributed by atoms with E-state index in [4.69, 9.17) is 9.47 Å². The molecule has 25 heavy (non-hydrogen) atoms. The Morgan fingerprint density at radius 1 is 1.08 bits per heavy atom. The molecule has 0 unspecified atom stereocenters. The van der Waals surface area contributed by atoms with Gasteiger partial charge >= 0.3 is 0 Å². The molecule has 0 saturated heterocycles. The van der Waals surface area contributed by atoms with E-state index in [2.05, 4.69) is 72.7 Å². The van der Waals surface area contributed by atoms with Gasteiger partial charge in [-0.1, -0.05) is 39.0 Å². The van der Waals surface area contributed by atoms with Gasteiger partial charge in [-0.2, -0.15) is 0 Å². The van der Waals surface area contributed by atoms with Crippen molar-refractivity contribution in [2.75, 3.05) is 7.11 Å². The lowest BCUT2D eigenvalue weighted by Crippen LogP contribution is -2.23. The van der Waals surface area contributed by atoms with Gasteiger partial charge in [0.25, 0.3) is 0 Å². The normalized spacial score (nSPS) is 19.5. The Morgan fingerprint density at radius 3 is 2.36 bits per heavy atom. The van der Waals surface area contributed by atoms with E-state index in [1.165, 1.54) is 33.1 Å². The molecule has 0 N–H and O–H groups in total. The van der Waals surface area contributed by atoms with Gasteiger partial charge in [-0.3, -0.25) is 0 Å². The number of hydrogen-bond acceptors (Lipinski definition) is 2. The van der Waals surface area contributed by atoms with Crippen molar-refractivity contribution in [1.82, 2.24) is 0 Å². The minimum atomic E-state index is -0.434. The van der Waals surface area contributed by atoms with Gasteiger partial charge in [0.2, 0.25) is 0 Å². The van der Waals surface area contributed by atoms with Crippen molar-refractivity contribution in [2.45, 2.75) is 59.5 Å². The molecule has 1 heterocycles. The molecule has 0 saturated carbocycles. The Hall–Kier alpha value is -1.53. The number of benzene rings is 2. The van der Waals surface area contributed by atoms with Gasteiger partial charge in [-0.05, 0) is 69.1 Å². The highest BCUT2D eigenvalue weighted by atomic mass is 31.1. The third-order valence-electron chi connectivity index (χ3n) is 5.08. The predicted octanol–water partition coefficient (Wildman–Crippen LogP) is 5.93. The second-order valence-corrected chi connectivity index (χ2v) is 11.2. The standard InChI is InChI=1S/C22H29O2P/c1-13-12-14(2)20(23-8)19(15(13)3)17-10-9-11-18-21(17)25(16(4)24-18)22(5,6)7/h9-12,16H,1-8H3/t16-,25-/m0/s1. The maximum atomic E-state index is 6.27. The molecule has 3 heteroatoms. The second-order valence-electron chi connectivity index (χ2n) is 7.95. The lowest BCUT2D eigenvalue weighted by atomic mass is 9.93. The summed E-state index contributed by atoms with van der Waals surface area (Å²) < 4.78 is 12.1. The van der Waals surface area contributed by atoms with E-state index in [0.29, 0.717) is 0 Å². The molecule has 0 aromatic heterocycles. The molecule has 2 atom stereocenters. The monoisotopic (exact) mass is 356 g/mol. The van der Waals surface area contributed by atoms with Gasteiger partial charge in [0.05, 0.1) is 7.11 Å². The van der Waals surface area contributed by atoms with Crippen LogP contribution in [0.25, 0.3) is 11.1 Å². The largest absolute Gasteiger partial charge is 0.496 e. The summed E-state index contributed by atoms with van der Waals surface area (Å²) in [5, 5.41) is 1.58. The summed E-state index contributed by atoms with van der Waals surface area (Å²) in [6, 6.07) is 8.68. The molecule has 2 aromatic rings. The molecule has 134 valence electrons. The summed E-state index contributed by atoms with van der Waals surface area (Å²) in [7, 11) is 1.34. The van der Waals surface area contributed by atoms with Crippen LogP contribution in [0.3, 0.4) is 0 Å². The van der Waals surface area contributed by atoms with E-state index < -0.39 is 7.92 Å². The zero-order valence-corrected chi connectivity index (χ0v) is 17.5. The number of rotatable bonds is 2. The highest BCUT2D eigenvalue weighted by Crippen LogP contribution is 2.60. The molecular formula is C22H29O2P. The lowest BCUT2D eigenvalue weighted by molar-refractivity contribution is 0.313. The van der Waals surface area contributed by atoms with Crippen LogP contribution in [0.2, 0.25) is 0 Å². The zero-order valence-electron chi connectivity index (χ0n) is 16.7. The topological polar surface area (TPSA) is 18.5 Å². The van der Waals surface area contributed by atoms with Crippen LogP contribution in [-0.4, -0.2) is 18.1 Å². The Morgan fingerprint density at radius 2 is 1.76 bits per heavy atom. The molecule has 0 radical (unpaired) electrons. The van der Waals surface area contributed by atoms with Crippen LogP contribution >= 0.6 is 7.92 Å². The minimum Gasteiger partial charge on any atom is -0.496 e. The van der Waals surface area contributed by atoms with Crippen LogP contribution in [-0.2, 0) is 0 Å². The molecule has 1 aliphatic rings. The number of aryl methyl sites for hydroxylation is 2. The maximum absolute atomic E-state index is 6.27. The Labute approximate surface area is 153 Å². The van der Waals surface area contributed by atoms with Crippen LogP contribution in [0.15, 0.2) is 24.3 Å². The lowest BCUT2D eigenvalue weighted by Gasteiger charge is -2.31. The molecular weight excluding hydrogens is 327 g/mol. The average molecular weight is 356 g/mol. The highest BCUT2D eigenvalue weighted by Gasteiger charge is 2.41. The number of ether oxygens (including phenoxy) is 2. The Kier molecular flexibility index (Phi) is 4.62. The molecule has 2 aromatic carbocycles. The van der Waals surface area contributed by atoms with Crippen molar-refractivity contribution in [2.24, 2.45) is 0 Å². The average Bonchev–Trinajstić information content (AvgIpc) is 2.86. The van der Waals surface area contributed by atoms with Crippen LogP contribution in [0, 0.1) is 20.8 Å². The van der Waals surface area contributed by atoms with E-state index in [0.717, 1.165) is 11.5 Å². The first-order valence-electron chi connectivity index (χ1n) is 8.91. The number of hydrogen-bond donors (Lipinski definition) is 0. The maximum Gasteiger partial charge on any atom is 0.129 e. The van der Waals surface area contributed by atoms with Crippen LogP contribution < -0.4 is 14.8 Å². The van der Waals surface area contributed by atoms with Gasteiger partial charge in [-0.25, -0.2) is 0 Å². The van der Waals surface area contributed by atoms with Gasteiger partial charge in [0, 0.05) is 10.9 Å². The quantitative estimate of drug-likeness (QED) is 0.621. The molecule has 1 aliphatic heterocycles. The number of fused-ring (bicyclic) bond motifs is 1. The van der Waals surface area contributed by atoms with Gasteiger partial charge in [0.1, 0.15) is 17.3 Å². The Balaban J connectivity index is 2.35. The van der Waals surface area contributed by atoms with Gasteiger partial charge in [0.15, 0.2) is 0 Å². The van der Waals surface area contributed by atoms with E-state index >= 15 is 0 Å². The van der Waals surface area contributed by atoms with Crippen molar-refractivity contribution in [3.8, 4) is 22.6 Å². The molecule has 3 rings (SSSR count). The first kappa shape index (κ1) is 18.3. The summed E-state index contributed by atoms with van der Waals surface area (Å²) in [5.74, 6) is 2.27. The molecule has 0 bridgehead atoms. The van der Waals surface area contributed by atoms with Crippen molar-refractivity contribution in [3.63, 3.8) is 0 Å². The summed E-state index contributed by atoms with van der Waals surface area (Å²) >= 11 is 0. The molecule has 0 fully saturated rings. The van der Waals surface area contributed by atoms with E-state index in [-0.39, 0.29) is 11.0 Å². The van der Waals surface area contributed by atoms with Crippen LogP contribution in [0.5, 0.6) is 11.5 Å². The van der Waals surface area contributed by atoms with Crippen molar-refractivity contribution < 1.29 is 9.47 Å². The van der Waals surface area contributed by atoms with Gasteiger partial charge < -0.3 is 9.47 Å². The van der Waals surface area contributed by atoms with E-state index in [9.17, 15) is 0 Å². The molecule has 2 nitrogen and oxygen atoms in total. The first-order chi connectivity index (χ1) is 11.7. The summed E-state index contributed by atoms with van der Waals surface area (Å²) in [6.45, 7) is 15.7. The SMILES string of the molecule is COc1c(C)cc(C)c(C)c1-c1cccc2c1[P@@](C(C)(C)C)[C@@H](C)O2. The third kappa shape index (κ3) is 2.95. The van der Waals surface area contributed by atoms with Crippen molar-refractivity contribution in [1.29, 1.82) is 0 Å². The summed E-state index contributed by atoms with van der Waals surface area (Å²) in [4.78, 5) is 0. The molecule has 0 spiro atoms. The first-order valence-corrected chi connectivity index (χ1v) is 10.3. The fourth-order valence-electron chi connectivity index (χ4n) is 4.02. The summed E-state index contributed by atoms with van der Waals surface area (Å²) in [5.41, 5.74) is 6.29. The number of methoxy groups -OCH3 is 1. The fraction of sp³-hybridized carbons (Fsp3) is 0.455. The summed E-state index contributed by atoms with van der Waals surface area (Å²) in [6.07, 6.45) is 0. The molecule has 0 aliphatic carbocycles. The highest BCUT2D eigenvalue weighted by molar-refractivity contribution is 7.68. The van der Waals surface area contributed by atoms with Crippen molar-refractivity contribution in [3.05, 3.63) is 41.0 Å². The third-order valence-corrected chi connectivity index (χ3v) is 8.30. The van der Waals surface area contributed by atoms with E-state index in [1.807, 2.05) is 0 Å². The Bertz CT molecular complexity index is 818. The van der Waals surface area contributed by atoms with Crippen LogP contribution in [0.4, 0.5) is 0 Å². The van der Waals surface area contributed by atoms with Crippen molar-refractivity contribution >= 4 is 13.2 Å². The minimum absolute atomic E-state index is 0.191. The second kappa shape index (κ2) is 6.32. The van der Waals surface area contributed by atoms with Crippen LogP contribution in [0.1, 0.15) is 44.4 Å². The fourth-order valence-corrected chi connectivity index (χ4v) is 7.17. The predicted molar refractivity (Wildman–Crippen MR) is 109 cm³/mol. The zero-order chi connectivity index (χ0) is 18.5. The molecule has 0 amide bonds. The van der Waals surface area contributed by atoms with E-state index in [1.54, 1.807) is 7.11 Å². The van der Waals surface area contributed by atoms with Gasteiger partial charge in [-0.15, -0.1) is 0 Å². The smallest absolute Gasteiger partial charge is 0.129 e.